The predicted molar refractivity (Wildman–Crippen MR) is 133 cm³/mol. The van der Waals surface area contributed by atoms with Gasteiger partial charge < -0.3 is 24.0 Å². The molecule has 1 aliphatic heterocycles. The molecule has 9 heteroatoms. The van der Waals surface area contributed by atoms with E-state index in [1.165, 1.54) is 55.8 Å². The smallest absolute Gasteiger partial charge is 0.241 e. The zero-order valence-corrected chi connectivity index (χ0v) is 21.5. The number of anilines is 1. The van der Waals surface area contributed by atoms with Crippen LogP contribution in [0, 0.1) is 6.92 Å². The number of nitrogens with one attached hydrogen (secondary N) is 1. The normalized spacial score (nSPS) is 19.0. The molecule has 0 amide bonds. The molecule has 1 fully saturated rings. The first kappa shape index (κ1) is 24.6. The molecule has 2 aliphatic rings. The number of piperazine rings is 1. The topological polar surface area (TPSA) is 80.3 Å². The summed E-state index contributed by atoms with van der Waals surface area (Å²) in [5.74, 6) is 0.983. The Bertz CT molecular complexity index is 1120. The van der Waals surface area contributed by atoms with Gasteiger partial charge in [0.05, 0.1) is 26.2 Å². The summed E-state index contributed by atoms with van der Waals surface area (Å²) in [7, 11) is 2.79. The molecule has 186 valence electrons. The van der Waals surface area contributed by atoms with Crippen LogP contribution in [-0.2, 0) is 22.9 Å². The van der Waals surface area contributed by atoms with Crippen molar-refractivity contribution >= 4 is 15.7 Å². The van der Waals surface area contributed by atoms with Gasteiger partial charge >= 0.3 is 0 Å². The summed E-state index contributed by atoms with van der Waals surface area (Å²) in [5.41, 5.74) is 5.15. The van der Waals surface area contributed by atoms with Gasteiger partial charge in [0.2, 0.25) is 15.8 Å². The average molecular weight is 490 g/mol. The first-order valence-electron chi connectivity index (χ1n) is 11.6. The molecule has 34 heavy (non-hydrogen) atoms. The molecule has 0 saturated carbocycles. The van der Waals surface area contributed by atoms with E-state index in [1.54, 1.807) is 0 Å². The van der Waals surface area contributed by atoms with Crippen LogP contribution in [0.4, 0.5) is 5.69 Å². The fourth-order valence-electron chi connectivity index (χ4n) is 4.98. The number of hydrogen-bond acceptors (Lipinski definition) is 7. The quantitative estimate of drug-likeness (QED) is 0.640. The molecule has 1 aliphatic carbocycles. The Morgan fingerprint density at radius 1 is 0.941 bits per heavy atom. The maximum atomic E-state index is 13.4. The van der Waals surface area contributed by atoms with Crippen LogP contribution in [0.2, 0.25) is 0 Å². The molecule has 8 nitrogen and oxygen atoms in total. The lowest BCUT2D eigenvalue weighted by molar-refractivity contribution is 0.312. The monoisotopic (exact) mass is 489 g/mol. The number of aryl methyl sites for hydroxylation is 1. The highest BCUT2D eigenvalue weighted by molar-refractivity contribution is 7.89. The lowest BCUT2D eigenvalue weighted by atomic mass is 9.84. The van der Waals surface area contributed by atoms with Crippen molar-refractivity contribution in [3.05, 3.63) is 41.0 Å². The van der Waals surface area contributed by atoms with E-state index in [2.05, 4.69) is 40.6 Å². The minimum Gasteiger partial charge on any atom is -0.493 e. The Morgan fingerprint density at radius 3 is 2.18 bits per heavy atom. The molecule has 1 saturated heterocycles. The molecule has 1 heterocycles. The Labute approximate surface area is 202 Å². The Morgan fingerprint density at radius 2 is 1.59 bits per heavy atom. The van der Waals surface area contributed by atoms with Gasteiger partial charge in [-0.1, -0.05) is 6.07 Å². The molecule has 2 aromatic rings. The molecule has 0 bridgehead atoms. The van der Waals surface area contributed by atoms with Crippen molar-refractivity contribution in [3.63, 3.8) is 0 Å². The second kappa shape index (κ2) is 10.0. The van der Waals surface area contributed by atoms with Gasteiger partial charge in [-0.2, -0.15) is 0 Å². The van der Waals surface area contributed by atoms with Crippen molar-refractivity contribution in [2.24, 2.45) is 0 Å². The predicted octanol–water partition coefficient (Wildman–Crippen LogP) is 2.61. The summed E-state index contributed by atoms with van der Waals surface area (Å²) in [5, 5.41) is 0. The Balaban J connectivity index is 1.60. The van der Waals surface area contributed by atoms with Crippen molar-refractivity contribution < 1.29 is 22.6 Å². The molecular weight excluding hydrogens is 454 g/mol. The Kier molecular flexibility index (Phi) is 7.25. The van der Waals surface area contributed by atoms with Crippen LogP contribution in [-0.4, -0.2) is 73.9 Å². The zero-order valence-electron chi connectivity index (χ0n) is 20.7. The summed E-state index contributed by atoms with van der Waals surface area (Å²) < 4.78 is 45.7. The zero-order chi connectivity index (χ0) is 24.5. The Hall–Kier alpha value is -2.49. The molecule has 1 N–H and O–H groups in total. The molecule has 0 aromatic heterocycles. The summed E-state index contributed by atoms with van der Waals surface area (Å²) in [6, 6.07) is 7.16. The number of ether oxygens (including phenoxy) is 3. The summed E-state index contributed by atoms with van der Waals surface area (Å²) in [6.07, 6.45) is 2.28. The molecular formula is C25H35N3O5S. The molecule has 2 aromatic carbocycles. The van der Waals surface area contributed by atoms with Crippen molar-refractivity contribution in [3.8, 4) is 17.2 Å². The van der Waals surface area contributed by atoms with Gasteiger partial charge in [0.15, 0.2) is 11.5 Å². The van der Waals surface area contributed by atoms with Gasteiger partial charge in [-0.3, -0.25) is 0 Å². The minimum absolute atomic E-state index is 0.0938. The van der Waals surface area contributed by atoms with Gasteiger partial charge in [-0.15, -0.1) is 0 Å². The maximum absolute atomic E-state index is 13.4. The lowest BCUT2D eigenvalue weighted by Crippen LogP contribution is -2.45. The van der Waals surface area contributed by atoms with Crippen LogP contribution in [0.15, 0.2) is 29.2 Å². The van der Waals surface area contributed by atoms with Crippen LogP contribution < -0.4 is 23.8 Å². The van der Waals surface area contributed by atoms with Gasteiger partial charge in [-0.05, 0) is 56.0 Å². The SMILES string of the molecule is COc1cc(S(=O)(=O)N[C@@H]2CCc3c(C)ccc(N4CCN(C)CC4)c3C2)cc(OC)c1OC. The van der Waals surface area contributed by atoms with Crippen LogP contribution in [0.5, 0.6) is 17.2 Å². The van der Waals surface area contributed by atoms with E-state index in [0.29, 0.717) is 23.7 Å². The molecule has 4 rings (SSSR count). The van der Waals surface area contributed by atoms with E-state index >= 15 is 0 Å². The number of methoxy groups -OCH3 is 3. The first-order valence-corrected chi connectivity index (χ1v) is 13.1. The van der Waals surface area contributed by atoms with E-state index in [-0.39, 0.29) is 10.9 Å². The summed E-state index contributed by atoms with van der Waals surface area (Å²) in [6.45, 7) is 6.16. The largest absolute Gasteiger partial charge is 0.493 e. The molecule has 1 atom stereocenters. The average Bonchev–Trinajstić information content (AvgIpc) is 2.83. The van der Waals surface area contributed by atoms with Gasteiger partial charge in [0.25, 0.3) is 0 Å². The van der Waals surface area contributed by atoms with Crippen LogP contribution in [0.3, 0.4) is 0 Å². The van der Waals surface area contributed by atoms with E-state index in [0.717, 1.165) is 39.0 Å². The first-order chi connectivity index (χ1) is 16.3. The third kappa shape index (κ3) is 4.82. The number of likely N-dealkylation sites (N-methyl/N-ethyl adjacent to an activating group) is 1. The third-order valence-electron chi connectivity index (χ3n) is 6.95. The van der Waals surface area contributed by atoms with Crippen molar-refractivity contribution in [2.45, 2.75) is 37.1 Å². The van der Waals surface area contributed by atoms with Crippen molar-refractivity contribution in [1.82, 2.24) is 9.62 Å². The highest BCUT2D eigenvalue weighted by Crippen LogP contribution is 2.40. The number of fused-ring (bicyclic) bond motifs is 1. The summed E-state index contributed by atoms with van der Waals surface area (Å²) in [4.78, 5) is 4.87. The highest BCUT2D eigenvalue weighted by Gasteiger charge is 2.30. The van der Waals surface area contributed by atoms with Crippen LogP contribution in [0.1, 0.15) is 23.1 Å². The number of nitrogens with zero attached hydrogens (tertiary/aromatic N) is 2. The van der Waals surface area contributed by atoms with E-state index < -0.39 is 10.0 Å². The second-order valence-corrected chi connectivity index (χ2v) is 10.8. The molecule has 0 unspecified atom stereocenters. The van der Waals surface area contributed by atoms with E-state index in [4.69, 9.17) is 14.2 Å². The second-order valence-electron chi connectivity index (χ2n) is 9.07. The fraction of sp³-hybridized carbons (Fsp3) is 0.520. The number of sulfonamides is 1. The summed E-state index contributed by atoms with van der Waals surface area (Å²) >= 11 is 0. The van der Waals surface area contributed by atoms with Gasteiger partial charge in [0, 0.05) is 50.0 Å². The standard InChI is InChI=1S/C25H35N3O5S/c1-17-6-9-22(28-12-10-27(2)11-13-28)21-14-18(7-8-20(17)21)26-34(29,30)19-15-23(31-3)25(33-5)24(16-19)32-4/h6,9,15-16,18,26H,7-8,10-14H2,1-5H3/t18-/m1/s1. The van der Waals surface area contributed by atoms with Gasteiger partial charge in [0.1, 0.15) is 0 Å². The molecule has 0 radical (unpaired) electrons. The van der Waals surface area contributed by atoms with Crippen LogP contribution >= 0.6 is 0 Å². The maximum Gasteiger partial charge on any atom is 0.241 e. The highest BCUT2D eigenvalue weighted by atomic mass is 32.2. The van der Waals surface area contributed by atoms with Gasteiger partial charge in [-0.25, -0.2) is 13.1 Å². The number of rotatable bonds is 7. The van der Waals surface area contributed by atoms with Crippen molar-refractivity contribution in [2.75, 3.05) is 59.5 Å². The van der Waals surface area contributed by atoms with Crippen LogP contribution in [0.25, 0.3) is 0 Å². The number of hydrogen-bond donors (Lipinski definition) is 1. The van der Waals surface area contributed by atoms with E-state index in [9.17, 15) is 8.42 Å². The van der Waals surface area contributed by atoms with E-state index in [1.807, 2.05) is 0 Å². The third-order valence-corrected chi connectivity index (χ3v) is 8.45. The fourth-order valence-corrected chi connectivity index (χ4v) is 6.28. The number of benzene rings is 2. The van der Waals surface area contributed by atoms with Crippen molar-refractivity contribution in [1.29, 1.82) is 0 Å². The lowest BCUT2D eigenvalue weighted by Gasteiger charge is -2.37. The minimum atomic E-state index is -3.79. The molecule has 0 spiro atoms.